The molecule has 0 radical (unpaired) electrons. The fraction of sp³-hybridized carbons (Fsp3) is 0.448. The summed E-state index contributed by atoms with van der Waals surface area (Å²) in [4.78, 5) is 28.8. The van der Waals surface area contributed by atoms with Crippen LogP contribution in [-0.2, 0) is 26.2 Å². The molecule has 2 fully saturated rings. The summed E-state index contributed by atoms with van der Waals surface area (Å²) in [6.45, 7) is 2.85. The smallest absolute Gasteiger partial charge is 0.316 e. The molecule has 202 valence electrons. The zero-order valence-electron chi connectivity index (χ0n) is 21.7. The molecule has 1 amide bonds. The first kappa shape index (κ1) is 26.5. The number of amides is 1. The predicted octanol–water partition coefficient (Wildman–Crippen LogP) is 5.22. The van der Waals surface area contributed by atoms with Crippen molar-refractivity contribution in [1.82, 2.24) is 9.47 Å². The molecule has 2 aliphatic heterocycles. The van der Waals surface area contributed by atoms with E-state index in [0.29, 0.717) is 60.4 Å². The number of ether oxygens (including phenoxy) is 3. The van der Waals surface area contributed by atoms with Crippen LogP contribution in [0.1, 0.15) is 41.6 Å². The number of rotatable bonds is 6. The van der Waals surface area contributed by atoms with Gasteiger partial charge in [0.05, 0.1) is 25.2 Å². The molecule has 0 unspecified atom stereocenters. The van der Waals surface area contributed by atoms with Gasteiger partial charge in [-0.05, 0) is 67.5 Å². The minimum Gasteiger partial charge on any atom is -0.482 e. The highest BCUT2D eigenvalue weighted by Gasteiger charge is 2.45. The third kappa shape index (κ3) is 4.76. The Hall–Kier alpha value is -3.10. The van der Waals surface area contributed by atoms with Gasteiger partial charge in [0, 0.05) is 43.3 Å². The Morgan fingerprint density at radius 2 is 1.76 bits per heavy atom. The van der Waals surface area contributed by atoms with Crippen molar-refractivity contribution < 1.29 is 28.2 Å². The number of carbonyl (C=O) groups excluding carboxylic acids is 2. The van der Waals surface area contributed by atoms with Gasteiger partial charge in [0.1, 0.15) is 11.4 Å². The molecule has 5 rings (SSSR count). The first-order chi connectivity index (χ1) is 18.4. The lowest BCUT2D eigenvalue weighted by molar-refractivity contribution is -0.149. The van der Waals surface area contributed by atoms with Gasteiger partial charge in [0.25, 0.3) is 5.91 Å². The van der Waals surface area contributed by atoms with E-state index in [0.717, 1.165) is 37.0 Å². The average Bonchev–Trinajstić information content (AvgIpc) is 3.25. The number of hydrogen-bond acceptors (Lipinski definition) is 5. The summed E-state index contributed by atoms with van der Waals surface area (Å²) in [6, 6.07) is 11.5. The first-order valence-electron chi connectivity index (χ1n) is 12.9. The number of hydrogen-bond donors (Lipinski definition) is 0. The predicted molar refractivity (Wildman–Crippen MR) is 142 cm³/mol. The fourth-order valence-corrected chi connectivity index (χ4v) is 6.09. The van der Waals surface area contributed by atoms with E-state index < -0.39 is 5.41 Å². The molecule has 7 nitrogen and oxygen atoms in total. The van der Waals surface area contributed by atoms with Crippen molar-refractivity contribution in [2.24, 2.45) is 5.92 Å². The molecule has 1 aromatic heterocycles. The lowest BCUT2D eigenvalue weighted by Crippen LogP contribution is -2.49. The van der Waals surface area contributed by atoms with Gasteiger partial charge < -0.3 is 23.7 Å². The van der Waals surface area contributed by atoms with E-state index in [2.05, 4.69) is 4.57 Å². The number of carbonyl (C=O) groups is 2. The van der Waals surface area contributed by atoms with Gasteiger partial charge in [0.15, 0.2) is 0 Å². The van der Waals surface area contributed by atoms with Gasteiger partial charge >= 0.3 is 5.97 Å². The van der Waals surface area contributed by atoms with Crippen LogP contribution in [0, 0.1) is 11.7 Å². The average molecular weight is 543 g/mol. The molecular formula is C29H32ClFN2O5. The Bertz CT molecular complexity index is 1320. The highest BCUT2D eigenvalue weighted by atomic mass is 35.5. The maximum atomic E-state index is 14.0. The van der Waals surface area contributed by atoms with E-state index in [-0.39, 0.29) is 17.7 Å². The fourth-order valence-electron chi connectivity index (χ4n) is 5.92. The van der Waals surface area contributed by atoms with E-state index in [1.54, 1.807) is 24.1 Å². The molecule has 0 saturated carbocycles. The maximum absolute atomic E-state index is 14.0. The van der Waals surface area contributed by atoms with E-state index in [9.17, 15) is 14.0 Å². The van der Waals surface area contributed by atoms with E-state index in [4.69, 9.17) is 25.8 Å². The lowest BCUT2D eigenvalue weighted by Gasteiger charge is -2.40. The number of nitrogens with zero attached hydrogens (tertiary/aromatic N) is 2. The molecule has 2 aliphatic rings. The molecule has 9 heteroatoms. The van der Waals surface area contributed by atoms with Crippen LogP contribution in [0.5, 0.6) is 5.88 Å². The highest BCUT2D eigenvalue weighted by molar-refractivity contribution is 6.31. The van der Waals surface area contributed by atoms with Crippen LogP contribution in [-0.4, -0.2) is 61.9 Å². The molecule has 0 atom stereocenters. The number of esters is 1. The summed E-state index contributed by atoms with van der Waals surface area (Å²) >= 11 is 6.38. The molecule has 38 heavy (non-hydrogen) atoms. The number of methoxy groups -OCH3 is 2. The first-order valence-corrected chi connectivity index (χ1v) is 13.3. The van der Waals surface area contributed by atoms with Crippen LogP contribution in [0.25, 0.3) is 10.9 Å². The molecule has 0 bridgehead atoms. The molecule has 3 heterocycles. The van der Waals surface area contributed by atoms with Crippen LogP contribution in [0.2, 0.25) is 5.02 Å². The maximum Gasteiger partial charge on any atom is 0.316 e. The molecule has 0 spiro atoms. The summed E-state index contributed by atoms with van der Waals surface area (Å²) in [5.74, 6) is 0.00988. The third-order valence-electron chi connectivity index (χ3n) is 8.04. The molecule has 0 aliphatic carbocycles. The lowest BCUT2D eigenvalue weighted by atomic mass is 9.72. The van der Waals surface area contributed by atoms with Gasteiger partial charge in [0.2, 0.25) is 5.88 Å². The van der Waals surface area contributed by atoms with Gasteiger partial charge in [-0.2, -0.15) is 0 Å². The van der Waals surface area contributed by atoms with Gasteiger partial charge in [-0.1, -0.05) is 23.7 Å². The zero-order chi connectivity index (χ0) is 26.9. The van der Waals surface area contributed by atoms with Crippen molar-refractivity contribution in [2.45, 2.75) is 37.6 Å². The Kier molecular flexibility index (Phi) is 7.63. The highest BCUT2D eigenvalue weighted by Crippen LogP contribution is 2.40. The van der Waals surface area contributed by atoms with Gasteiger partial charge in [-0.25, -0.2) is 4.39 Å². The van der Waals surface area contributed by atoms with E-state index >= 15 is 0 Å². The van der Waals surface area contributed by atoms with Crippen LogP contribution in [0.15, 0.2) is 42.5 Å². The van der Waals surface area contributed by atoms with Crippen LogP contribution in [0.3, 0.4) is 0 Å². The van der Waals surface area contributed by atoms with E-state index in [1.807, 2.05) is 18.2 Å². The molecule has 3 aromatic rings. The standard InChI is InChI=1S/C29H32ClFN2O5/c1-36-27-25(23-17-21(30)5-8-24(23)33(27)18-19-9-15-38-16-10-19)26(34)32-13-11-29(12-14-32,28(35)37-2)20-3-6-22(31)7-4-20/h3-8,17,19H,9-16,18H2,1-2H3. The summed E-state index contributed by atoms with van der Waals surface area (Å²) in [6.07, 6.45) is 2.62. The quantitative estimate of drug-likeness (QED) is 0.400. The number of likely N-dealkylation sites (tertiary alicyclic amines) is 1. The Labute approximate surface area is 226 Å². The number of halogens is 2. The number of benzene rings is 2. The summed E-state index contributed by atoms with van der Waals surface area (Å²) < 4.78 is 32.2. The van der Waals surface area contributed by atoms with Gasteiger partial charge in [-0.3, -0.25) is 9.59 Å². The van der Waals surface area contributed by atoms with Crippen molar-refractivity contribution in [3.05, 3.63) is 64.4 Å². The topological polar surface area (TPSA) is 70.0 Å². The molecule has 0 N–H and O–H groups in total. The number of piperidine rings is 1. The largest absolute Gasteiger partial charge is 0.482 e. The monoisotopic (exact) mass is 542 g/mol. The molecule has 2 aromatic carbocycles. The van der Waals surface area contributed by atoms with Crippen LogP contribution in [0.4, 0.5) is 4.39 Å². The SMILES string of the molecule is COC(=O)C1(c2ccc(F)cc2)CCN(C(=O)c2c(OC)n(CC3CCOCC3)c3ccc(Cl)cc23)CC1. The van der Waals surface area contributed by atoms with Gasteiger partial charge in [-0.15, -0.1) is 0 Å². The normalized spacial score (nSPS) is 17.9. The molecule has 2 saturated heterocycles. The minimum absolute atomic E-state index is 0.169. The number of aromatic nitrogens is 1. The second-order valence-corrected chi connectivity index (χ2v) is 10.5. The Morgan fingerprint density at radius 1 is 1.08 bits per heavy atom. The Balaban J connectivity index is 1.47. The van der Waals surface area contributed by atoms with Crippen molar-refractivity contribution in [2.75, 3.05) is 40.5 Å². The summed E-state index contributed by atoms with van der Waals surface area (Å²) in [5, 5.41) is 1.28. The third-order valence-corrected chi connectivity index (χ3v) is 8.28. The van der Waals surface area contributed by atoms with Crippen molar-refractivity contribution in [3.63, 3.8) is 0 Å². The van der Waals surface area contributed by atoms with Crippen molar-refractivity contribution in [1.29, 1.82) is 0 Å². The van der Waals surface area contributed by atoms with Crippen molar-refractivity contribution in [3.8, 4) is 5.88 Å². The van der Waals surface area contributed by atoms with Crippen LogP contribution >= 0.6 is 11.6 Å². The summed E-state index contributed by atoms with van der Waals surface area (Å²) in [7, 11) is 2.94. The zero-order valence-corrected chi connectivity index (χ0v) is 22.4. The second kappa shape index (κ2) is 10.9. The van der Waals surface area contributed by atoms with Crippen molar-refractivity contribution >= 4 is 34.4 Å². The molecular weight excluding hydrogens is 511 g/mol. The number of fused-ring (bicyclic) bond motifs is 1. The van der Waals surface area contributed by atoms with Crippen LogP contribution < -0.4 is 4.74 Å². The van der Waals surface area contributed by atoms with E-state index in [1.165, 1.54) is 19.2 Å². The summed E-state index contributed by atoms with van der Waals surface area (Å²) in [5.41, 5.74) is 1.12. The minimum atomic E-state index is -0.941. The second-order valence-electron chi connectivity index (χ2n) is 10.1. The Morgan fingerprint density at radius 3 is 2.39 bits per heavy atom.